The fourth-order valence-electron chi connectivity index (χ4n) is 2.21. The molecule has 9 heteroatoms. The second-order valence-electron chi connectivity index (χ2n) is 5.39. The first-order chi connectivity index (χ1) is 12.2. The molecule has 4 aromatic rings. The minimum atomic E-state index is -0.0728. The minimum absolute atomic E-state index is 0.0728. The number of rotatable bonds is 5. The normalized spacial score (nSPS) is 12.4. The molecule has 7 nitrogen and oxygen atoms in total. The van der Waals surface area contributed by atoms with Crippen LogP contribution in [0.4, 0.5) is 0 Å². The van der Waals surface area contributed by atoms with Crippen molar-refractivity contribution < 1.29 is 4.42 Å². The maximum absolute atomic E-state index is 5.79. The second-order valence-corrected chi connectivity index (χ2v) is 7.65. The van der Waals surface area contributed by atoms with Crippen molar-refractivity contribution in [1.29, 1.82) is 0 Å². The highest BCUT2D eigenvalue weighted by Crippen LogP contribution is 2.35. The number of aryl methyl sites for hydroxylation is 1. The van der Waals surface area contributed by atoms with Gasteiger partial charge < -0.3 is 4.42 Å². The predicted octanol–water partition coefficient (Wildman–Crippen LogP) is 3.94. The van der Waals surface area contributed by atoms with E-state index in [1.54, 1.807) is 16.0 Å². The Labute approximate surface area is 152 Å². The number of thioether (sulfide) groups is 1. The van der Waals surface area contributed by atoms with Crippen molar-refractivity contribution in [2.24, 2.45) is 0 Å². The van der Waals surface area contributed by atoms with Gasteiger partial charge in [-0.25, -0.2) is 0 Å². The quantitative estimate of drug-likeness (QED) is 0.492. The number of tetrazole rings is 1. The van der Waals surface area contributed by atoms with Crippen molar-refractivity contribution >= 4 is 23.1 Å². The van der Waals surface area contributed by atoms with Crippen LogP contribution in [-0.2, 0) is 0 Å². The molecular formula is C16H14N6OS2. The van der Waals surface area contributed by atoms with Crippen LogP contribution in [-0.4, -0.2) is 30.4 Å². The first-order valence-corrected chi connectivity index (χ1v) is 9.36. The van der Waals surface area contributed by atoms with Gasteiger partial charge in [0.1, 0.15) is 0 Å². The molecule has 0 bridgehead atoms. The van der Waals surface area contributed by atoms with E-state index in [0.29, 0.717) is 16.9 Å². The Hall–Kier alpha value is -2.52. The van der Waals surface area contributed by atoms with E-state index in [2.05, 4.69) is 25.7 Å². The van der Waals surface area contributed by atoms with Gasteiger partial charge in [0, 0.05) is 0 Å². The molecule has 1 unspecified atom stereocenters. The Morgan fingerprint density at radius 1 is 1.12 bits per heavy atom. The van der Waals surface area contributed by atoms with Gasteiger partial charge in [-0.15, -0.1) is 26.6 Å². The minimum Gasteiger partial charge on any atom is -0.419 e. The molecule has 0 fully saturated rings. The summed E-state index contributed by atoms with van der Waals surface area (Å²) < 4.78 is 7.49. The van der Waals surface area contributed by atoms with E-state index in [0.717, 1.165) is 10.6 Å². The molecule has 0 saturated carbocycles. The number of thiophene rings is 1. The van der Waals surface area contributed by atoms with Crippen LogP contribution in [0.15, 0.2) is 51.4 Å². The van der Waals surface area contributed by atoms with Gasteiger partial charge >= 0.3 is 0 Å². The highest BCUT2D eigenvalue weighted by Gasteiger charge is 2.20. The molecule has 0 aliphatic rings. The summed E-state index contributed by atoms with van der Waals surface area (Å²) in [7, 11) is 0. The van der Waals surface area contributed by atoms with Gasteiger partial charge in [0.25, 0.3) is 5.89 Å². The fraction of sp³-hybridized carbons (Fsp3) is 0.188. The molecule has 1 atom stereocenters. The third-order valence-electron chi connectivity index (χ3n) is 3.52. The Morgan fingerprint density at radius 3 is 2.72 bits per heavy atom. The van der Waals surface area contributed by atoms with Crippen LogP contribution in [0.1, 0.15) is 23.6 Å². The highest BCUT2D eigenvalue weighted by molar-refractivity contribution is 7.99. The van der Waals surface area contributed by atoms with Crippen molar-refractivity contribution in [2.45, 2.75) is 24.3 Å². The summed E-state index contributed by atoms with van der Waals surface area (Å²) in [6.45, 7) is 4.03. The van der Waals surface area contributed by atoms with Gasteiger partial charge in [-0.2, -0.15) is 4.68 Å². The third-order valence-corrected chi connectivity index (χ3v) is 5.40. The lowest BCUT2D eigenvalue weighted by molar-refractivity contribution is 0.510. The molecular weight excluding hydrogens is 356 g/mol. The number of aromatic nitrogens is 6. The lowest BCUT2D eigenvalue weighted by atomic mass is 10.2. The van der Waals surface area contributed by atoms with E-state index in [1.165, 1.54) is 17.3 Å². The van der Waals surface area contributed by atoms with Gasteiger partial charge in [-0.1, -0.05) is 35.5 Å². The van der Waals surface area contributed by atoms with Crippen LogP contribution in [0.3, 0.4) is 0 Å². The van der Waals surface area contributed by atoms with Crippen LogP contribution in [0.5, 0.6) is 0 Å². The van der Waals surface area contributed by atoms with Gasteiger partial charge in [0.2, 0.25) is 11.0 Å². The zero-order chi connectivity index (χ0) is 17.2. The van der Waals surface area contributed by atoms with E-state index < -0.39 is 0 Å². The number of benzene rings is 1. The zero-order valence-corrected chi connectivity index (χ0v) is 15.2. The van der Waals surface area contributed by atoms with E-state index in [9.17, 15) is 0 Å². The fourth-order valence-corrected chi connectivity index (χ4v) is 3.69. The van der Waals surface area contributed by atoms with Gasteiger partial charge in [0.15, 0.2) is 0 Å². The standard InChI is InChI=1S/C16H14N6OS2/c1-10-5-7-12(8-6-10)22-16(19-20-21-22)25-11(2)14-17-18-15(23-14)13-4-3-9-24-13/h3-9,11H,1-2H3. The predicted molar refractivity (Wildman–Crippen MR) is 95.8 cm³/mol. The highest BCUT2D eigenvalue weighted by atomic mass is 32.2. The summed E-state index contributed by atoms with van der Waals surface area (Å²) in [5, 5.41) is 22.8. The van der Waals surface area contributed by atoms with Crippen LogP contribution in [0, 0.1) is 6.92 Å². The van der Waals surface area contributed by atoms with Crippen molar-refractivity contribution in [2.75, 3.05) is 0 Å². The molecule has 0 spiro atoms. The van der Waals surface area contributed by atoms with Crippen LogP contribution >= 0.6 is 23.1 Å². The zero-order valence-electron chi connectivity index (χ0n) is 13.5. The Morgan fingerprint density at radius 2 is 1.96 bits per heavy atom. The maximum atomic E-state index is 5.79. The van der Waals surface area contributed by atoms with Gasteiger partial charge in [-0.05, 0) is 47.9 Å². The topological polar surface area (TPSA) is 82.5 Å². The second kappa shape index (κ2) is 6.77. The maximum Gasteiger partial charge on any atom is 0.257 e. The molecule has 126 valence electrons. The average Bonchev–Trinajstić information content (AvgIpc) is 3.36. The molecule has 0 amide bonds. The number of hydrogen-bond donors (Lipinski definition) is 0. The Kier molecular flexibility index (Phi) is 4.33. The smallest absolute Gasteiger partial charge is 0.257 e. The van der Waals surface area contributed by atoms with Crippen LogP contribution < -0.4 is 0 Å². The molecule has 0 aliphatic heterocycles. The van der Waals surface area contributed by atoms with E-state index in [4.69, 9.17) is 4.42 Å². The van der Waals surface area contributed by atoms with Crippen molar-refractivity contribution in [3.63, 3.8) is 0 Å². The summed E-state index contributed by atoms with van der Waals surface area (Å²) in [5.74, 6) is 1.09. The summed E-state index contributed by atoms with van der Waals surface area (Å²) in [6, 6.07) is 11.9. The average molecular weight is 370 g/mol. The molecule has 3 heterocycles. The molecule has 0 aliphatic carbocycles. The van der Waals surface area contributed by atoms with Crippen LogP contribution in [0.2, 0.25) is 0 Å². The van der Waals surface area contributed by atoms with E-state index >= 15 is 0 Å². The molecule has 0 radical (unpaired) electrons. The summed E-state index contributed by atoms with van der Waals surface area (Å²) in [5.41, 5.74) is 2.10. The third kappa shape index (κ3) is 3.33. The summed E-state index contributed by atoms with van der Waals surface area (Å²) in [6.07, 6.45) is 0. The lowest BCUT2D eigenvalue weighted by Crippen LogP contribution is -2.00. The largest absolute Gasteiger partial charge is 0.419 e. The van der Waals surface area contributed by atoms with Gasteiger partial charge in [-0.3, -0.25) is 0 Å². The molecule has 0 saturated heterocycles. The first kappa shape index (κ1) is 16.0. The molecule has 0 N–H and O–H groups in total. The molecule has 4 rings (SSSR count). The summed E-state index contributed by atoms with van der Waals surface area (Å²) >= 11 is 3.04. The first-order valence-electron chi connectivity index (χ1n) is 7.60. The molecule has 25 heavy (non-hydrogen) atoms. The van der Waals surface area contributed by atoms with Gasteiger partial charge in [0.05, 0.1) is 15.8 Å². The Bertz CT molecular complexity index is 961. The summed E-state index contributed by atoms with van der Waals surface area (Å²) in [4.78, 5) is 0.959. The Balaban J connectivity index is 1.55. The molecule has 3 aromatic heterocycles. The monoisotopic (exact) mass is 370 g/mol. The van der Waals surface area contributed by atoms with E-state index in [-0.39, 0.29) is 5.25 Å². The van der Waals surface area contributed by atoms with E-state index in [1.807, 2.05) is 55.6 Å². The SMILES string of the molecule is Cc1ccc(-n2nnnc2SC(C)c2nnc(-c3cccs3)o2)cc1. The van der Waals surface area contributed by atoms with Crippen LogP contribution in [0.25, 0.3) is 16.5 Å². The number of nitrogens with zero attached hydrogens (tertiary/aromatic N) is 6. The number of hydrogen-bond acceptors (Lipinski definition) is 8. The van der Waals surface area contributed by atoms with Crippen molar-refractivity contribution in [3.05, 3.63) is 53.2 Å². The molecule has 1 aromatic carbocycles. The van der Waals surface area contributed by atoms with Crippen molar-refractivity contribution in [1.82, 2.24) is 30.4 Å². The van der Waals surface area contributed by atoms with Crippen molar-refractivity contribution in [3.8, 4) is 16.5 Å². The lowest BCUT2D eigenvalue weighted by Gasteiger charge is -2.07.